The van der Waals surface area contributed by atoms with Gasteiger partial charge in [-0.15, -0.1) is 0 Å². The van der Waals surface area contributed by atoms with Crippen LogP contribution in [-0.4, -0.2) is 24.0 Å². The summed E-state index contributed by atoms with van der Waals surface area (Å²) in [5, 5.41) is 6.68. The molecule has 0 aliphatic carbocycles. The topological polar surface area (TPSA) is 62.5 Å². The van der Waals surface area contributed by atoms with E-state index in [2.05, 4.69) is 34.5 Å². The average molecular weight is 300 g/mol. The second-order valence-electron chi connectivity index (χ2n) is 5.52. The minimum Gasteiger partial charge on any atom is -0.469 e. The molecule has 22 heavy (non-hydrogen) atoms. The van der Waals surface area contributed by atoms with Crippen LogP contribution in [0.1, 0.15) is 25.3 Å². The van der Waals surface area contributed by atoms with Gasteiger partial charge in [-0.25, -0.2) is 4.99 Å². The molecular formula is C17H24N4O. The van der Waals surface area contributed by atoms with E-state index in [4.69, 9.17) is 4.42 Å². The maximum atomic E-state index is 5.33. The Hall–Kier alpha value is -2.30. The lowest BCUT2D eigenvalue weighted by Gasteiger charge is -2.13. The summed E-state index contributed by atoms with van der Waals surface area (Å²) in [6.07, 6.45) is 4.32. The number of nitrogens with one attached hydrogen (secondary N) is 2. The van der Waals surface area contributed by atoms with Gasteiger partial charge in [0.25, 0.3) is 0 Å². The molecule has 2 aromatic rings. The number of rotatable bonds is 7. The molecule has 0 atom stereocenters. The van der Waals surface area contributed by atoms with E-state index in [1.807, 2.05) is 30.3 Å². The normalized spacial score (nSPS) is 11.7. The monoisotopic (exact) mass is 300 g/mol. The standard InChI is InChI=1S/C17H24N4O/c1-14(2)12-20-17(19-10-8-16-7-5-11-22-16)21-13-15-6-3-4-9-18-15/h3-7,9,11,14H,8,10,12-13H2,1-2H3,(H2,19,20,21). The smallest absolute Gasteiger partial charge is 0.191 e. The molecule has 118 valence electrons. The van der Waals surface area contributed by atoms with Gasteiger partial charge in [-0.2, -0.15) is 0 Å². The molecule has 0 aliphatic heterocycles. The molecule has 0 spiro atoms. The molecule has 5 nitrogen and oxygen atoms in total. The molecular weight excluding hydrogens is 276 g/mol. The van der Waals surface area contributed by atoms with Crippen molar-refractivity contribution in [2.45, 2.75) is 26.8 Å². The third-order valence-electron chi connectivity index (χ3n) is 3.05. The van der Waals surface area contributed by atoms with Crippen molar-refractivity contribution in [2.24, 2.45) is 10.9 Å². The van der Waals surface area contributed by atoms with Gasteiger partial charge in [0.15, 0.2) is 5.96 Å². The van der Waals surface area contributed by atoms with Crippen molar-refractivity contribution in [1.82, 2.24) is 15.6 Å². The molecule has 0 bridgehead atoms. The van der Waals surface area contributed by atoms with E-state index in [-0.39, 0.29) is 0 Å². The van der Waals surface area contributed by atoms with Crippen molar-refractivity contribution < 1.29 is 4.42 Å². The lowest BCUT2D eigenvalue weighted by atomic mass is 10.2. The largest absolute Gasteiger partial charge is 0.469 e. The lowest BCUT2D eigenvalue weighted by Crippen LogP contribution is -2.40. The van der Waals surface area contributed by atoms with Gasteiger partial charge in [-0.3, -0.25) is 4.98 Å². The second kappa shape index (κ2) is 8.87. The maximum Gasteiger partial charge on any atom is 0.191 e. The van der Waals surface area contributed by atoms with Gasteiger partial charge in [0.1, 0.15) is 5.76 Å². The molecule has 0 aromatic carbocycles. The van der Waals surface area contributed by atoms with Gasteiger partial charge < -0.3 is 15.1 Å². The quantitative estimate of drug-likeness (QED) is 0.609. The second-order valence-corrected chi connectivity index (χ2v) is 5.52. The van der Waals surface area contributed by atoms with Gasteiger partial charge in [-0.1, -0.05) is 19.9 Å². The lowest BCUT2D eigenvalue weighted by molar-refractivity contribution is 0.506. The van der Waals surface area contributed by atoms with Crippen molar-refractivity contribution in [1.29, 1.82) is 0 Å². The number of aliphatic imine (C=N–C) groups is 1. The van der Waals surface area contributed by atoms with E-state index in [9.17, 15) is 0 Å². The zero-order valence-electron chi connectivity index (χ0n) is 13.2. The Balaban J connectivity index is 1.86. The molecule has 2 heterocycles. The van der Waals surface area contributed by atoms with Crippen LogP contribution in [0.2, 0.25) is 0 Å². The highest BCUT2D eigenvalue weighted by molar-refractivity contribution is 5.79. The highest BCUT2D eigenvalue weighted by Crippen LogP contribution is 2.00. The van der Waals surface area contributed by atoms with Crippen LogP contribution in [0.15, 0.2) is 52.2 Å². The minimum atomic E-state index is 0.562. The molecule has 0 saturated heterocycles. The van der Waals surface area contributed by atoms with Crippen LogP contribution in [0, 0.1) is 5.92 Å². The predicted molar refractivity (Wildman–Crippen MR) is 88.6 cm³/mol. The van der Waals surface area contributed by atoms with Crippen LogP contribution < -0.4 is 10.6 Å². The van der Waals surface area contributed by atoms with Crippen molar-refractivity contribution in [3.05, 3.63) is 54.2 Å². The van der Waals surface area contributed by atoms with Gasteiger partial charge in [0.2, 0.25) is 0 Å². The summed E-state index contributed by atoms with van der Waals surface area (Å²) >= 11 is 0. The molecule has 2 aromatic heterocycles. The summed E-state index contributed by atoms with van der Waals surface area (Å²) in [5.41, 5.74) is 0.958. The van der Waals surface area contributed by atoms with E-state index in [1.54, 1.807) is 12.5 Å². The van der Waals surface area contributed by atoms with Crippen LogP contribution >= 0.6 is 0 Å². The van der Waals surface area contributed by atoms with E-state index >= 15 is 0 Å². The molecule has 2 rings (SSSR count). The highest BCUT2D eigenvalue weighted by atomic mass is 16.3. The number of furan rings is 1. The van der Waals surface area contributed by atoms with E-state index in [0.717, 1.165) is 36.9 Å². The first-order valence-corrected chi connectivity index (χ1v) is 7.68. The van der Waals surface area contributed by atoms with Crippen LogP contribution in [0.4, 0.5) is 0 Å². The first kappa shape index (κ1) is 16.1. The van der Waals surface area contributed by atoms with Crippen LogP contribution in [0.25, 0.3) is 0 Å². The summed E-state index contributed by atoms with van der Waals surface area (Å²) in [5.74, 6) is 2.35. The van der Waals surface area contributed by atoms with E-state index < -0.39 is 0 Å². The van der Waals surface area contributed by atoms with E-state index in [1.165, 1.54) is 0 Å². The van der Waals surface area contributed by atoms with E-state index in [0.29, 0.717) is 12.5 Å². The maximum absolute atomic E-state index is 5.33. The molecule has 0 unspecified atom stereocenters. The van der Waals surface area contributed by atoms with Crippen LogP contribution in [0.5, 0.6) is 0 Å². The Labute approximate surface area is 131 Å². The average Bonchev–Trinajstić information content (AvgIpc) is 3.03. The van der Waals surface area contributed by atoms with Gasteiger partial charge in [0.05, 0.1) is 18.5 Å². The summed E-state index contributed by atoms with van der Waals surface area (Å²) < 4.78 is 5.33. The third kappa shape index (κ3) is 5.99. The fourth-order valence-electron chi connectivity index (χ4n) is 1.89. The zero-order chi connectivity index (χ0) is 15.6. The molecule has 5 heteroatoms. The summed E-state index contributed by atoms with van der Waals surface area (Å²) in [6.45, 7) is 6.57. The first-order chi connectivity index (χ1) is 10.7. The first-order valence-electron chi connectivity index (χ1n) is 7.68. The Morgan fingerprint density at radius 1 is 1.23 bits per heavy atom. The van der Waals surface area contributed by atoms with Gasteiger partial charge in [-0.05, 0) is 30.2 Å². The summed E-state index contributed by atoms with van der Waals surface area (Å²) in [6, 6.07) is 9.75. The van der Waals surface area contributed by atoms with Crippen LogP contribution in [-0.2, 0) is 13.0 Å². The van der Waals surface area contributed by atoms with Crippen molar-refractivity contribution >= 4 is 5.96 Å². The SMILES string of the molecule is CC(C)CNC(=NCc1ccccn1)NCCc1ccco1. The van der Waals surface area contributed by atoms with Crippen molar-refractivity contribution in [3.63, 3.8) is 0 Å². The fraction of sp³-hybridized carbons (Fsp3) is 0.412. The molecule has 0 amide bonds. The minimum absolute atomic E-state index is 0.562. The highest BCUT2D eigenvalue weighted by Gasteiger charge is 2.02. The molecule has 0 aliphatic rings. The third-order valence-corrected chi connectivity index (χ3v) is 3.05. The van der Waals surface area contributed by atoms with Gasteiger partial charge in [0, 0.05) is 25.7 Å². The van der Waals surface area contributed by atoms with Crippen molar-refractivity contribution in [2.75, 3.05) is 13.1 Å². The Kier molecular flexibility index (Phi) is 6.48. The number of aromatic nitrogens is 1. The molecule has 0 radical (unpaired) electrons. The summed E-state index contributed by atoms with van der Waals surface area (Å²) in [4.78, 5) is 8.88. The Bertz CT molecular complexity index is 549. The Morgan fingerprint density at radius 3 is 2.82 bits per heavy atom. The van der Waals surface area contributed by atoms with Crippen LogP contribution in [0.3, 0.4) is 0 Å². The zero-order valence-corrected chi connectivity index (χ0v) is 13.2. The number of hydrogen-bond acceptors (Lipinski definition) is 3. The number of guanidine groups is 1. The Morgan fingerprint density at radius 2 is 2.14 bits per heavy atom. The number of hydrogen-bond donors (Lipinski definition) is 2. The predicted octanol–water partition coefficient (Wildman–Crippen LogP) is 2.61. The van der Waals surface area contributed by atoms with Gasteiger partial charge >= 0.3 is 0 Å². The summed E-state index contributed by atoms with van der Waals surface area (Å²) in [7, 11) is 0. The molecule has 0 fully saturated rings. The fourth-order valence-corrected chi connectivity index (χ4v) is 1.89. The van der Waals surface area contributed by atoms with Crippen molar-refractivity contribution in [3.8, 4) is 0 Å². The molecule has 2 N–H and O–H groups in total. The number of pyridine rings is 1. The molecule has 0 saturated carbocycles. The number of nitrogens with zero attached hydrogens (tertiary/aromatic N) is 2.